The Morgan fingerprint density at radius 1 is 0.739 bits per heavy atom. The van der Waals surface area contributed by atoms with Crippen molar-refractivity contribution in [3.8, 4) is 0 Å². The molecule has 0 unspecified atom stereocenters. The summed E-state index contributed by atoms with van der Waals surface area (Å²) in [4.78, 5) is 0. The average Bonchev–Trinajstić information content (AvgIpc) is 2.56. The molecule has 3 rings (SSSR count). The maximum Gasteiger partial charge on any atom is 0.0323 e. The van der Waals surface area contributed by atoms with E-state index in [2.05, 4.69) is 55.5 Å². The second-order valence-corrected chi connectivity index (χ2v) is 6.62. The molecule has 0 spiro atoms. The molecule has 3 aromatic carbocycles. The predicted octanol–water partition coefficient (Wildman–Crippen LogP) is 6.48. The molecule has 0 heterocycles. The Morgan fingerprint density at radius 3 is 2.22 bits per heavy atom. The maximum absolute atomic E-state index is 6.14. The molecule has 23 heavy (non-hydrogen) atoms. The maximum atomic E-state index is 6.14. The predicted molar refractivity (Wildman–Crippen MR) is 103 cm³/mol. The highest BCUT2D eigenvalue weighted by atomic mass is 14.5. The summed E-state index contributed by atoms with van der Waals surface area (Å²) in [5.74, 6) is 0. The van der Waals surface area contributed by atoms with Crippen molar-refractivity contribution in [1.29, 1.82) is 0 Å². The lowest BCUT2D eigenvalue weighted by Gasteiger charge is -2.10. The number of nitrogen functional groups attached to an aromatic ring is 1. The van der Waals surface area contributed by atoms with Gasteiger partial charge in [-0.25, -0.2) is 0 Å². The minimum Gasteiger partial charge on any atom is -0.399 e. The van der Waals surface area contributed by atoms with Gasteiger partial charge in [0.25, 0.3) is 0 Å². The van der Waals surface area contributed by atoms with E-state index in [-0.39, 0.29) is 0 Å². The third-order valence-electron chi connectivity index (χ3n) is 4.73. The van der Waals surface area contributed by atoms with Crippen LogP contribution >= 0.6 is 0 Å². The summed E-state index contributed by atoms with van der Waals surface area (Å²) in [6.45, 7) is 2.27. The van der Waals surface area contributed by atoms with Gasteiger partial charge in [0.1, 0.15) is 0 Å². The Kier molecular flexibility index (Phi) is 5.17. The van der Waals surface area contributed by atoms with Gasteiger partial charge in [-0.05, 0) is 64.2 Å². The van der Waals surface area contributed by atoms with E-state index in [4.69, 9.17) is 5.73 Å². The first-order valence-electron chi connectivity index (χ1n) is 8.99. The molecule has 0 aliphatic heterocycles. The van der Waals surface area contributed by atoms with Gasteiger partial charge in [-0.1, -0.05) is 63.3 Å². The first kappa shape index (κ1) is 15.9. The molecule has 0 aliphatic carbocycles. The fraction of sp³-hybridized carbons (Fsp3) is 0.364. The smallest absolute Gasteiger partial charge is 0.0323 e. The van der Waals surface area contributed by atoms with Crippen molar-refractivity contribution in [2.24, 2.45) is 0 Å². The number of anilines is 1. The van der Waals surface area contributed by atoms with E-state index in [1.54, 1.807) is 0 Å². The number of nitrogens with two attached hydrogens (primary N) is 1. The van der Waals surface area contributed by atoms with Crippen LogP contribution in [-0.4, -0.2) is 0 Å². The van der Waals surface area contributed by atoms with Crippen LogP contribution in [0.2, 0.25) is 0 Å². The van der Waals surface area contributed by atoms with Gasteiger partial charge in [-0.2, -0.15) is 0 Å². The highest BCUT2D eigenvalue weighted by Gasteiger charge is 2.05. The summed E-state index contributed by atoms with van der Waals surface area (Å²) in [6, 6.07) is 17.4. The van der Waals surface area contributed by atoms with Crippen LogP contribution in [0, 0.1) is 0 Å². The van der Waals surface area contributed by atoms with Gasteiger partial charge in [0.15, 0.2) is 0 Å². The van der Waals surface area contributed by atoms with E-state index in [0.29, 0.717) is 0 Å². The van der Waals surface area contributed by atoms with Crippen LogP contribution in [0.15, 0.2) is 48.5 Å². The van der Waals surface area contributed by atoms with Crippen molar-refractivity contribution >= 4 is 27.2 Å². The van der Waals surface area contributed by atoms with Gasteiger partial charge in [0.05, 0.1) is 0 Å². The zero-order chi connectivity index (χ0) is 16.1. The summed E-state index contributed by atoms with van der Waals surface area (Å²) in [5, 5.41) is 5.24. The molecule has 0 aliphatic rings. The normalized spacial score (nSPS) is 11.3. The van der Waals surface area contributed by atoms with E-state index in [1.165, 1.54) is 65.6 Å². The van der Waals surface area contributed by atoms with Crippen LogP contribution < -0.4 is 5.73 Å². The van der Waals surface area contributed by atoms with Crippen LogP contribution in [0.3, 0.4) is 0 Å². The van der Waals surface area contributed by atoms with Gasteiger partial charge in [-0.15, -0.1) is 0 Å². The number of rotatable bonds is 7. The summed E-state index contributed by atoms with van der Waals surface area (Å²) in [5.41, 5.74) is 8.43. The molecule has 0 saturated carbocycles. The molecule has 0 radical (unpaired) electrons. The molecule has 0 saturated heterocycles. The number of benzene rings is 3. The minimum atomic E-state index is 0.883. The van der Waals surface area contributed by atoms with Crippen LogP contribution in [0.25, 0.3) is 21.5 Å². The number of hydrogen-bond donors (Lipinski definition) is 1. The number of hydrogen-bond acceptors (Lipinski definition) is 1. The SMILES string of the molecule is CCCCCCCCc1cc(N)cc2cc3ccccc3cc12. The van der Waals surface area contributed by atoms with Crippen molar-refractivity contribution in [2.75, 3.05) is 5.73 Å². The largest absolute Gasteiger partial charge is 0.399 e. The molecule has 0 fully saturated rings. The number of unbranched alkanes of at least 4 members (excludes halogenated alkanes) is 5. The van der Waals surface area contributed by atoms with E-state index in [9.17, 15) is 0 Å². The van der Waals surface area contributed by atoms with Crippen LogP contribution in [0.4, 0.5) is 5.69 Å². The van der Waals surface area contributed by atoms with Crippen LogP contribution in [0.1, 0.15) is 51.0 Å². The lowest BCUT2D eigenvalue weighted by molar-refractivity contribution is 0.608. The monoisotopic (exact) mass is 305 g/mol. The molecule has 120 valence electrons. The van der Waals surface area contributed by atoms with Gasteiger partial charge in [0.2, 0.25) is 0 Å². The van der Waals surface area contributed by atoms with Crippen molar-refractivity contribution in [2.45, 2.75) is 51.9 Å². The molecular weight excluding hydrogens is 278 g/mol. The van der Waals surface area contributed by atoms with E-state index < -0.39 is 0 Å². The van der Waals surface area contributed by atoms with Gasteiger partial charge < -0.3 is 5.73 Å². The molecule has 0 aromatic heterocycles. The van der Waals surface area contributed by atoms with E-state index in [1.807, 2.05) is 0 Å². The summed E-state index contributed by atoms with van der Waals surface area (Å²) in [6.07, 6.45) is 9.13. The lowest BCUT2D eigenvalue weighted by Crippen LogP contribution is -1.93. The van der Waals surface area contributed by atoms with Crippen LogP contribution in [-0.2, 0) is 6.42 Å². The van der Waals surface area contributed by atoms with E-state index in [0.717, 1.165) is 12.1 Å². The Morgan fingerprint density at radius 2 is 1.43 bits per heavy atom. The fourth-order valence-corrected chi connectivity index (χ4v) is 3.46. The van der Waals surface area contributed by atoms with Gasteiger partial charge in [-0.3, -0.25) is 0 Å². The molecule has 3 aromatic rings. The minimum absolute atomic E-state index is 0.883. The molecule has 2 N–H and O–H groups in total. The quantitative estimate of drug-likeness (QED) is 0.302. The fourth-order valence-electron chi connectivity index (χ4n) is 3.46. The average molecular weight is 305 g/mol. The highest BCUT2D eigenvalue weighted by molar-refractivity contribution is 6.00. The van der Waals surface area contributed by atoms with E-state index >= 15 is 0 Å². The van der Waals surface area contributed by atoms with Crippen molar-refractivity contribution in [3.63, 3.8) is 0 Å². The molecular formula is C22H27N. The van der Waals surface area contributed by atoms with Gasteiger partial charge in [0, 0.05) is 5.69 Å². The second-order valence-electron chi connectivity index (χ2n) is 6.62. The van der Waals surface area contributed by atoms with Gasteiger partial charge >= 0.3 is 0 Å². The standard InChI is InChI=1S/C22H27N/c1-2-3-4-5-6-7-12-19-14-21(23)15-20-13-17-10-8-9-11-18(17)16-22(19)20/h8-11,13-16H,2-7,12,23H2,1H3. The summed E-state index contributed by atoms with van der Waals surface area (Å²) < 4.78 is 0. The molecule has 0 amide bonds. The Balaban J connectivity index is 1.82. The third-order valence-corrected chi connectivity index (χ3v) is 4.73. The zero-order valence-electron chi connectivity index (χ0n) is 14.1. The van der Waals surface area contributed by atoms with Crippen LogP contribution in [0.5, 0.6) is 0 Å². The Labute approximate surface area is 139 Å². The second kappa shape index (κ2) is 7.50. The number of fused-ring (bicyclic) bond motifs is 2. The summed E-state index contributed by atoms with van der Waals surface area (Å²) >= 11 is 0. The van der Waals surface area contributed by atoms with Crippen molar-refractivity contribution < 1.29 is 0 Å². The lowest BCUT2D eigenvalue weighted by atomic mass is 9.95. The summed E-state index contributed by atoms with van der Waals surface area (Å²) in [7, 11) is 0. The third kappa shape index (κ3) is 3.85. The van der Waals surface area contributed by atoms with Crippen molar-refractivity contribution in [3.05, 3.63) is 54.1 Å². The molecule has 1 heteroatoms. The molecule has 1 nitrogen and oxygen atoms in total. The molecule has 0 bridgehead atoms. The first-order valence-corrected chi connectivity index (χ1v) is 8.99. The highest BCUT2D eigenvalue weighted by Crippen LogP contribution is 2.29. The Hall–Kier alpha value is -2.02. The Bertz CT molecular complexity index is 788. The number of aryl methyl sites for hydroxylation is 1. The zero-order valence-corrected chi connectivity index (χ0v) is 14.1. The molecule has 0 atom stereocenters. The first-order chi connectivity index (χ1) is 11.3. The van der Waals surface area contributed by atoms with Crippen molar-refractivity contribution in [1.82, 2.24) is 0 Å². The topological polar surface area (TPSA) is 26.0 Å².